The van der Waals surface area contributed by atoms with Gasteiger partial charge in [0.2, 0.25) is 0 Å². The molecule has 0 saturated heterocycles. The number of benzene rings is 2. The van der Waals surface area contributed by atoms with Crippen LogP contribution < -0.4 is 10.1 Å². The Labute approximate surface area is 162 Å². The lowest BCUT2D eigenvalue weighted by Crippen LogP contribution is -2.28. The van der Waals surface area contributed by atoms with Gasteiger partial charge in [0.15, 0.2) is 6.61 Å². The molecule has 28 heavy (non-hydrogen) atoms. The van der Waals surface area contributed by atoms with Crippen LogP contribution in [-0.4, -0.2) is 35.4 Å². The summed E-state index contributed by atoms with van der Waals surface area (Å²) in [5.41, 5.74) is 2.70. The van der Waals surface area contributed by atoms with Crippen molar-refractivity contribution in [3.05, 3.63) is 77.6 Å². The largest absolute Gasteiger partial charge is 0.497 e. The smallest absolute Gasteiger partial charge is 0.342 e. The van der Waals surface area contributed by atoms with E-state index in [2.05, 4.69) is 10.4 Å². The van der Waals surface area contributed by atoms with Crippen LogP contribution in [0, 0.1) is 6.92 Å². The minimum Gasteiger partial charge on any atom is -0.497 e. The van der Waals surface area contributed by atoms with Crippen molar-refractivity contribution in [2.45, 2.75) is 13.5 Å². The van der Waals surface area contributed by atoms with Crippen LogP contribution in [-0.2, 0) is 16.1 Å². The van der Waals surface area contributed by atoms with Crippen molar-refractivity contribution in [2.75, 3.05) is 13.7 Å². The van der Waals surface area contributed by atoms with E-state index in [-0.39, 0.29) is 12.5 Å². The third-order valence-electron chi connectivity index (χ3n) is 4.19. The Kier molecular flexibility index (Phi) is 6.06. The Hall–Kier alpha value is -3.61. The number of methoxy groups -OCH3 is 1. The van der Waals surface area contributed by atoms with E-state index >= 15 is 0 Å². The molecule has 0 aliphatic carbocycles. The number of carbonyl (C=O) groups excluding carboxylic acids is 2. The second-order valence-electron chi connectivity index (χ2n) is 6.10. The maximum atomic E-state index is 12.3. The number of carbonyl (C=O) groups is 2. The van der Waals surface area contributed by atoms with E-state index in [9.17, 15) is 9.59 Å². The van der Waals surface area contributed by atoms with Crippen molar-refractivity contribution in [3.63, 3.8) is 0 Å². The zero-order valence-corrected chi connectivity index (χ0v) is 15.7. The van der Waals surface area contributed by atoms with Gasteiger partial charge in [-0.2, -0.15) is 5.10 Å². The van der Waals surface area contributed by atoms with Crippen LogP contribution in [0.1, 0.15) is 21.6 Å². The van der Waals surface area contributed by atoms with Crippen LogP contribution in [0.5, 0.6) is 5.75 Å². The van der Waals surface area contributed by atoms with Crippen LogP contribution in [0.2, 0.25) is 0 Å². The van der Waals surface area contributed by atoms with E-state index in [0.717, 1.165) is 11.3 Å². The topological polar surface area (TPSA) is 82.4 Å². The number of ether oxygens (including phenoxy) is 2. The number of para-hydroxylation sites is 1. The molecule has 144 valence electrons. The normalized spacial score (nSPS) is 10.4. The van der Waals surface area contributed by atoms with Gasteiger partial charge in [0, 0.05) is 6.54 Å². The fourth-order valence-electron chi connectivity index (χ4n) is 2.68. The van der Waals surface area contributed by atoms with Gasteiger partial charge < -0.3 is 14.8 Å². The number of amides is 1. The summed E-state index contributed by atoms with van der Waals surface area (Å²) in [6, 6.07) is 16.8. The van der Waals surface area contributed by atoms with Gasteiger partial charge in [0.05, 0.1) is 24.7 Å². The number of hydrogen-bond donors (Lipinski definition) is 1. The third-order valence-corrected chi connectivity index (χ3v) is 4.19. The lowest BCUT2D eigenvalue weighted by atomic mass is 10.2. The molecule has 0 aliphatic rings. The van der Waals surface area contributed by atoms with Crippen molar-refractivity contribution in [3.8, 4) is 11.4 Å². The van der Waals surface area contributed by atoms with Crippen LogP contribution in [0.4, 0.5) is 0 Å². The highest BCUT2D eigenvalue weighted by Crippen LogP contribution is 2.15. The summed E-state index contributed by atoms with van der Waals surface area (Å²) in [6.07, 6.45) is 1.44. The first kappa shape index (κ1) is 19.2. The Morgan fingerprint density at radius 2 is 1.89 bits per heavy atom. The molecular weight excluding hydrogens is 358 g/mol. The minimum atomic E-state index is -0.587. The average molecular weight is 379 g/mol. The number of nitrogens with zero attached hydrogens (tertiary/aromatic N) is 2. The van der Waals surface area contributed by atoms with Gasteiger partial charge in [-0.1, -0.05) is 30.3 Å². The summed E-state index contributed by atoms with van der Waals surface area (Å²) in [4.78, 5) is 24.3. The van der Waals surface area contributed by atoms with Gasteiger partial charge in [-0.15, -0.1) is 0 Å². The van der Waals surface area contributed by atoms with Gasteiger partial charge >= 0.3 is 5.97 Å². The quantitative estimate of drug-likeness (QED) is 0.638. The molecule has 0 aliphatic heterocycles. The molecule has 0 unspecified atom stereocenters. The third kappa shape index (κ3) is 4.56. The first-order valence-electron chi connectivity index (χ1n) is 8.75. The molecular formula is C21H21N3O4. The highest BCUT2D eigenvalue weighted by Gasteiger charge is 2.17. The highest BCUT2D eigenvalue weighted by molar-refractivity contribution is 5.92. The fourth-order valence-corrected chi connectivity index (χ4v) is 2.68. The van der Waals surface area contributed by atoms with Crippen molar-refractivity contribution in [1.29, 1.82) is 0 Å². The van der Waals surface area contributed by atoms with Gasteiger partial charge in [0.25, 0.3) is 5.91 Å². The lowest BCUT2D eigenvalue weighted by Gasteiger charge is -2.08. The summed E-state index contributed by atoms with van der Waals surface area (Å²) >= 11 is 0. The van der Waals surface area contributed by atoms with Gasteiger partial charge in [-0.25, -0.2) is 9.48 Å². The van der Waals surface area contributed by atoms with E-state index in [1.165, 1.54) is 6.20 Å². The molecule has 7 heteroatoms. The molecule has 1 aromatic heterocycles. The Bertz CT molecular complexity index is 967. The Morgan fingerprint density at radius 1 is 1.11 bits per heavy atom. The van der Waals surface area contributed by atoms with Crippen LogP contribution in [0.15, 0.2) is 60.8 Å². The lowest BCUT2D eigenvalue weighted by molar-refractivity contribution is -0.124. The van der Waals surface area contributed by atoms with Crippen molar-refractivity contribution >= 4 is 11.9 Å². The molecule has 1 heterocycles. The van der Waals surface area contributed by atoms with Gasteiger partial charge in [0.1, 0.15) is 11.3 Å². The Balaban J connectivity index is 1.54. The minimum absolute atomic E-state index is 0.318. The molecule has 0 saturated carbocycles. The van der Waals surface area contributed by atoms with Crippen LogP contribution >= 0.6 is 0 Å². The number of nitrogens with one attached hydrogen (secondary N) is 1. The van der Waals surface area contributed by atoms with E-state index in [1.54, 1.807) is 18.7 Å². The number of hydrogen-bond acceptors (Lipinski definition) is 5. The van der Waals surface area contributed by atoms with Crippen LogP contribution in [0.3, 0.4) is 0 Å². The van der Waals surface area contributed by atoms with Crippen molar-refractivity contribution in [1.82, 2.24) is 15.1 Å². The SMILES string of the molecule is COc1cccc(CNC(=O)COC(=O)c2cnn(-c3ccccc3)c2C)c1. The summed E-state index contributed by atoms with van der Waals surface area (Å²) in [6.45, 7) is 1.73. The molecule has 0 bridgehead atoms. The molecule has 1 amide bonds. The maximum absolute atomic E-state index is 12.3. The number of aromatic nitrogens is 2. The highest BCUT2D eigenvalue weighted by atomic mass is 16.5. The second-order valence-corrected chi connectivity index (χ2v) is 6.10. The predicted molar refractivity (Wildman–Crippen MR) is 103 cm³/mol. The summed E-state index contributed by atoms with van der Waals surface area (Å²) < 4.78 is 11.9. The standard InChI is InChI=1S/C21H21N3O4/c1-15-19(13-23-24(15)17-8-4-3-5-9-17)21(26)28-14-20(25)22-12-16-7-6-10-18(11-16)27-2/h3-11,13H,12,14H2,1-2H3,(H,22,25). The number of esters is 1. The van der Waals surface area contributed by atoms with E-state index in [4.69, 9.17) is 9.47 Å². The second kappa shape index (κ2) is 8.85. The number of rotatable bonds is 7. The molecule has 3 rings (SSSR count). The molecule has 7 nitrogen and oxygen atoms in total. The van der Waals surface area contributed by atoms with E-state index in [0.29, 0.717) is 23.6 Å². The zero-order chi connectivity index (χ0) is 19.9. The van der Waals surface area contributed by atoms with E-state index < -0.39 is 5.97 Å². The first-order chi connectivity index (χ1) is 13.6. The van der Waals surface area contributed by atoms with Gasteiger partial charge in [-0.3, -0.25) is 4.79 Å². The molecule has 2 aromatic carbocycles. The fraction of sp³-hybridized carbons (Fsp3) is 0.190. The molecule has 0 spiro atoms. The zero-order valence-electron chi connectivity index (χ0n) is 15.7. The van der Waals surface area contributed by atoms with Crippen molar-refractivity contribution < 1.29 is 19.1 Å². The maximum Gasteiger partial charge on any atom is 0.342 e. The summed E-state index contributed by atoms with van der Waals surface area (Å²) in [5.74, 6) is -0.260. The Morgan fingerprint density at radius 3 is 2.64 bits per heavy atom. The molecule has 1 N–H and O–H groups in total. The van der Waals surface area contributed by atoms with Gasteiger partial charge in [-0.05, 0) is 36.8 Å². The summed E-state index contributed by atoms with van der Waals surface area (Å²) in [7, 11) is 1.58. The molecule has 0 radical (unpaired) electrons. The molecule has 3 aromatic rings. The monoisotopic (exact) mass is 379 g/mol. The first-order valence-corrected chi connectivity index (χ1v) is 8.75. The summed E-state index contributed by atoms with van der Waals surface area (Å²) in [5, 5.41) is 6.94. The average Bonchev–Trinajstić information content (AvgIpc) is 3.12. The van der Waals surface area contributed by atoms with Crippen LogP contribution in [0.25, 0.3) is 5.69 Å². The van der Waals surface area contributed by atoms with E-state index in [1.807, 2.05) is 54.6 Å². The van der Waals surface area contributed by atoms with Crippen molar-refractivity contribution in [2.24, 2.45) is 0 Å². The molecule has 0 fully saturated rings. The molecule has 0 atom stereocenters. The predicted octanol–water partition coefficient (Wildman–Crippen LogP) is 2.66.